The summed E-state index contributed by atoms with van der Waals surface area (Å²) in [6.45, 7) is 1.91. The van der Waals surface area contributed by atoms with Gasteiger partial charge in [-0.1, -0.05) is 11.6 Å². The SMILES string of the molecule is COC(OC)C(Cc1c(C)nn(C)c1Cl)NN. The highest BCUT2D eigenvalue weighted by Crippen LogP contribution is 2.21. The van der Waals surface area contributed by atoms with E-state index in [1.807, 2.05) is 6.92 Å². The maximum atomic E-state index is 6.16. The average molecular weight is 263 g/mol. The molecule has 1 rings (SSSR count). The molecule has 6 nitrogen and oxygen atoms in total. The number of rotatable bonds is 6. The Morgan fingerprint density at radius 2 is 2.06 bits per heavy atom. The van der Waals surface area contributed by atoms with E-state index < -0.39 is 6.29 Å². The Bertz CT molecular complexity index is 365. The van der Waals surface area contributed by atoms with E-state index in [2.05, 4.69) is 10.5 Å². The van der Waals surface area contributed by atoms with E-state index in [0.717, 1.165) is 11.3 Å². The molecule has 0 spiro atoms. The van der Waals surface area contributed by atoms with E-state index in [4.69, 9.17) is 26.9 Å². The predicted octanol–water partition coefficient (Wildman–Crippen LogP) is 0.375. The van der Waals surface area contributed by atoms with Crippen LogP contribution in [-0.2, 0) is 22.9 Å². The maximum Gasteiger partial charge on any atom is 0.173 e. The second kappa shape index (κ2) is 6.32. The zero-order chi connectivity index (χ0) is 13.0. The van der Waals surface area contributed by atoms with E-state index >= 15 is 0 Å². The summed E-state index contributed by atoms with van der Waals surface area (Å²) in [7, 11) is 4.93. The fraction of sp³-hybridized carbons (Fsp3) is 0.700. The minimum atomic E-state index is -0.435. The van der Waals surface area contributed by atoms with Crippen molar-refractivity contribution in [2.24, 2.45) is 12.9 Å². The summed E-state index contributed by atoms with van der Waals surface area (Å²) in [4.78, 5) is 0. The summed E-state index contributed by atoms with van der Waals surface area (Å²) in [6.07, 6.45) is 0.150. The van der Waals surface area contributed by atoms with Crippen molar-refractivity contribution in [3.05, 3.63) is 16.4 Å². The molecule has 1 heterocycles. The van der Waals surface area contributed by atoms with E-state index in [9.17, 15) is 0 Å². The molecule has 1 atom stereocenters. The lowest BCUT2D eigenvalue weighted by atomic mass is 10.1. The van der Waals surface area contributed by atoms with Gasteiger partial charge in [0.1, 0.15) is 5.15 Å². The number of aryl methyl sites for hydroxylation is 2. The fourth-order valence-corrected chi connectivity index (χ4v) is 2.04. The van der Waals surface area contributed by atoms with Gasteiger partial charge in [-0.25, -0.2) is 0 Å². The Labute approximate surface area is 106 Å². The quantitative estimate of drug-likeness (QED) is 0.440. The predicted molar refractivity (Wildman–Crippen MR) is 65.6 cm³/mol. The molecule has 0 aliphatic heterocycles. The number of aromatic nitrogens is 2. The highest BCUT2D eigenvalue weighted by molar-refractivity contribution is 6.30. The van der Waals surface area contributed by atoms with Gasteiger partial charge in [0.2, 0.25) is 0 Å². The van der Waals surface area contributed by atoms with Gasteiger partial charge >= 0.3 is 0 Å². The molecule has 0 aliphatic carbocycles. The van der Waals surface area contributed by atoms with Crippen LogP contribution in [0.15, 0.2) is 0 Å². The van der Waals surface area contributed by atoms with Crippen molar-refractivity contribution in [2.75, 3.05) is 14.2 Å². The number of hydrazine groups is 1. The highest BCUT2D eigenvalue weighted by atomic mass is 35.5. The van der Waals surface area contributed by atoms with Crippen LogP contribution in [0.1, 0.15) is 11.3 Å². The van der Waals surface area contributed by atoms with Gasteiger partial charge in [0.05, 0.1) is 11.7 Å². The number of hydrogen-bond acceptors (Lipinski definition) is 5. The van der Waals surface area contributed by atoms with Crippen molar-refractivity contribution in [3.63, 3.8) is 0 Å². The Morgan fingerprint density at radius 1 is 1.47 bits per heavy atom. The van der Waals surface area contributed by atoms with Gasteiger partial charge < -0.3 is 9.47 Å². The van der Waals surface area contributed by atoms with Crippen LogP contribution in [0.25, 0.3) is 0 Å². The summed E-state index contributed by atoms with van der Waals surface area (Å²) in [6, 6.07) is -0.189. The molecular weight excluding hydrogens is 244 g/mol. The van der Waals surface area contributed by atoms with Crippen molar-refractivity contribution < 1.29 is 9.47 Å². The van der Waals surface area contributed by atoms with Crippen molar-refractivity contribution in [2.45, 2.75) is 25.7 Å². The first kappa shape index (κ1) is 14.4. The first-order chi connectivity index (χ1) is 8.04. The van der Waals surface area contributed by atoms with E-state index in [1.54, 1.807) is 25.9 Å². The van der Waals surface area contributed by atoms with Gasteiger partial charge in [-0.2, -0.15) is 5.10 Å². The Hall–Kier alpha value is -0.660. The molecule has 0 saturated heterocycles. The van der Waals surface area contributed by atoms with Gasteiger partial charge in [0.15, 0.2) is 6.29 Å². The number of methoxy groups -OCH3 is 2. The lowest BCUT2D eigenvalue weighted by molar-refractivity contribution is -0.122. The monoisotopic (exact) mass is 262 g/mol. The molecule has 7 heteroatoms. The Morgan fingerprint density at radius 3 is 2.41 bits per heavy atom. The first-order valence-corrected chi connectivity index (χ1v) is 5.62. The molecule has 1 aromatic heterocycles. The number of ether oxygens (including phenoxy) is 2. The minimum Gasteiger partial charge on any atom is -0.354 e. The van der Waals surface area contributed by atoms with Gasteiger partial charge in [-0.15, -0.1) is 0 Å². The standard InChI is InChI=1S/C10H19ClN4O2/c1-6-7(9(11)15(2)14-6)5-8(13-12)10(16-3)17-4/h8,10,13H,5,12H2,1-4H3. The van der Waals surface area contributed by atoms with Crippen LogP contribution in [0, 0.1) is 6.92 Å². The topological polar surface area (TPSA) is 74.3 Å². The summed E-state index contributed by atoms with van der Waals surface area (Å²) in [5.41, 5.74) is 4.49. The summed E-state index contributed by atoms with van der Waals surface area (Å²) >= 11 is 6.16. The molecule has 0 bridgehead atoms. The van der Waals surface area contributed by atoms with Crippen LogP contribution >= 0.6 is 11.6 Å². The smallest absolute Gasteiger partial charge is 0.173 e. The third kappa shape index (κ3) is 3.17. The summed E-state index contributed by atoms with van der Waals surface area (Å²) in [5.74, 6) is 5.50. The van der Waals surface area contributed by atoms with E-state index in [1.165, 1.54) is 0 Å². The zero-order valence-corrected chi connectivity index (χ0v) is 11.3. The number of nitrogens with zero attached hydrogens (tertiary/aromatic N) is 2. The molecule has 0 amide bonds. The number of nitrogens with two attached hydrogens (primary N) is 1. The molecule has 0 aromatic carbocycles. The van der Waals surface area contributed by atoms with Gasteiger partial charge in [0.25, 0.3) is 0 Å². The van der Waals surface area contributed by atoms with Crippen molar-refractivity contribution >= 4 is 11.6 Å². The molecular formula is C10H19ClN4O2. The molecule has 98 valence electrons. The Balaban J connectivity index is 2.87. The van der Waals surface area contributed by atoms with Crippen molar-refractivity contribution in [1.29, 1.82) is 0 Å². The van der Waals surface area contributed by atoms with Crippen LogP contribution < -0.4 is 11.3 Å². The molecule has 0 radical (unpaired) electrons. The minimum absolute atomic E-state index is 0.189. The van der Waals surface area contributed by atoms with Gasteiger partial charge in [0, 0.05) is 26.8 Å². The fourth-order valence-electron chi connectivity index (χ4n) is 1.78. The lowest BCUT2D eigenvalue weighted by Gasteiger charge is -2.23. The summed E-state index contributed by atoms with van der Waals surface area (Å²) in [5, 5.41) is 4.85. The molecule has 1 unspecified atom stereocenters. The largest absolute Gasteiger partial charge is 0.354 e. The van der Waals surface area contributed by atoms with Crippen LogP contribution in [0.5, 0.6) is 0 Å². The third-order valence-corrected chi connectivity index (χ3v) is 3.17. The normalized spacial score (nSPS) is 13.4. The first-order valence-electron chi connectivity index (χ1n) is 5.24. The molecule has 0 aliphatic rings. The van der Waals surface area contributed by atoms with Gasteiger partial charge in [-0.3, -0.25) is 16.0 Å². The Kier molecular flexibility index (Phi) is 5.35. The number of halogens is 1. The maximum absolute atomic E-state index is 6.16. The second-order valence-corrected chi connectivity index (χ2v) is 4.15. The zero-order valence-electron chi connectivity index (χ0n) is 10.5. The third-order valence-electron chi connectivity index (χ3n) is 2.70. The van der Waals surface area contributed by atoms with Crippen LogP contribution in [0.2, 0.25) is 5.15 Å². The molecule has 17 heavy (non-hydrogen) atoms. The second-order valence-electron chi connectivity index (χ2n) is 3.80. The lowest BCUT2D eigenvalue weighted by Crippen LogP contribution is -2.47. The van der Waals surface area contributed by atoms with E-state index in [-0.39, 0.29) is 6.04 Å². The number of nitrogens with one attached hydrogen (secondary N) is 1. The van der Waals surface area contributed by atoms with Crippen LogP contribution in [0.3, 0.4) is 0 Å². The molecule has 1 aromatic rings. The van der Waals surface area contributed by atoms with Crippen LogP contribution in [-0.4, -0.2) is 36.3 Å². The average Bonchev–Trinajstić information content (AvgIpc) is 2.55. The molecule has 0 saturated carbocycles. The van der Waals surface area contributed by atoms with Gasteiger partial charge in [-0.05, 0) is 13.3 Å². The highest BCUT2D eigenvalue weighted by Gasteiger charge is 2.23. The molecule has 0 fully saturated rings. The van der Waals surface area contributed by atoms with E-state index in [0.29, 0.717) is 11.6 Å². The van der Waals surface area contributed by atoms with Crippen molar-refractivity contribution in [3.8, 4) is 0 Å². The van der Waals surface area contributed by atoms with Crippen LogP contribution in [0.4, 0.5) is 0 Å². The number of hydrogen-bond donors (Lipinski definition) is 2. The summed E-state index contributed by atoms with van der Waals surface area (Å²) < 4.78 is 12.0. The molecule has 3 N–H and O–H groups in total. The van der Waals surface area contributed by atoms with Crippen molar-refractivity contribution in [1.82, 2.24) is 15.2 Å².